The van der Waals surface area contributed by atoms with Crippen LogP contribution in [-0.2, 0) is 16.0 Å². The Morgan fingerprint density at radius 3 is 2.33 bits per heavy atom. The van der Waals surface area contributed by atoms with Gasteiger partial charge in [0, 0.05) is 11.8 Å². The summed E-state index contributed by atoms with van der Waals surface area (Å²) in [5.41, 5.74) is 5.91. The number of carboxylic acids is 1. The lowest BCUT2D eigenvalue weighted by molar-refractivity contribution is -0.131. The van der Waals surface area contributed by atoms with E-state index >= 15 is 0 Å². The predicted molar refractivity (Wildman–Crippen MR) is 147 cm³/mol. The molecule has 4 rings (SSSR count). The quantitative estimate of drug-likeness (QED) is 0.324. The van der Waals surface area contributed by atoms with E-state index < -0.39 is 11.4 Å². The standard InChI is InChI=1S/C32H35NO3/c1-23(2)27-9-7-10-28(21-27)26-15-12-25(13-16-26)22-32(18-4-3-5-19-32)31(36)33-29-11-6-8-24(20-29)14-17-30(34)35/h6-17,20-21,23H,3-5,18-19,22H2,1-2H3,(H,33,36)(H,34,35)/b17-14+. The smallest absolute Gasteiger partial charge is 0.328 e. The fourth-order valence-electron chi connectivity index (χ4n) is 5.15. The molecular weight excluding hydrogens is 446 g/mol. The first-order valence-corrected chi connectivity index (χ1v) is 12.9. The molecule has 1 aliphatic rings. The zero-order chi connectivity index (χ0) is 25.5. The molecule has 0 saturated heterocycles. The lowest BCUT2D eigenvalue weighted by Gasteiger charge is -2.36. The summed E-state index contributed by atoms with van der Waals surface area (Å²) in [6, 6.07) is 24.7. The highest BCUT2D eigenvalue weighted by molar-refractivity contribution is 5.96. The van der Waals surface area contributed by atoms with Crippen molar-refractivity contribution in [1.29, 1.82) is 0 Å². The van der Waals surface area contributed by atoms with Gasteiger partial charge in [-0.3, -0.25) is 4.79 Å². The minimum Gasteiger partial charge on any atom is -0.478 e. The van der Waals surface area contributed by atoms with Crippen LogP contribution >= 0.6 is 0 Å². The Hall–Kier alpha value is -3.66. The molecular formula is C32H35NO3. The zero-order valence-electron chi connectivity index (χ0n) is 21.2. The molecule has 36 heavy (non-hydrogen) atoms. The number of aliphatic carboxylic acids is 1. The summed E-state index contributed by atoms with van der Waals surface area (Å²) in [5.74, 6) is -0.456. The second-order valence-corrected chi connectivity index (χ2v) is 10.2. The summed E-state index contributed by atoms with van der Waals surface area (Å²) in [6.07, 6.45) is 8.35. The van der Waals surface area contributed by atoms with E-state index in [9.17, 15) is 9.59 Å². The number of hydrogen-bond donors (Lipinski definition) is 2. The van der Waals surface area contributed by atoms with Crippen molar-refractivity contribution in [2.24, 2.45) is 5.41 Å². The van der Waals surface area contributed by atoms with E-state index in [1.165, 1.54) is 28.3 Å². The monoisotopic (exact) mass is 481 g/mol. The van der Waals surface area contributed by atoms with Crippen LogP contribution in [0, 0.1) is 5.41 Å². The number of carboxylic acid groups (broad SMARTS) is 1. The van der Waals surface area contributed by atoms with Gasteiger partial charge in [0.2, 0.25) is 5.91 Å². The molecule has 0 radical (unpaired) electrons. The lowest BCUT2D eigenvalue weighted by Crippen LogP contribution is -2.40. The number of rotatable bonds is 8. The third kappa shape index (κ3) is 6.31. The van der Waals surface area contributed by atoms with Crippen LogP contribution in [0.5, 0.6) is 0 Å². The van der Waals surface area contributed by atoms with Gasteiger partial charge in [-0.1, -0.05) is 93.8 Å². The van der Waals surface area contributed by atoms with Crippen LogP contribution in [-0.4, -0.2) is 17.0 Å². The number of amides is 1. The van der Waals surface area contributed by atoms with Crippen LogP contribution in [0.1, 0.15) is 68.6 Å². The van der Waals surface area contributed by atoms with Crippen molar-refractivity contribution in [3.8, 4) is 11.1 Å². The molecule has 4 nitrogen and oxygen atoms in total. The minimum atomic E-state index is -0.996. The molecule has 1 fully saturated rings. The maximum atomic E-state index is 13.6. The molecule has 0 aliphatic heterocycles. The number of benzene rings is 3. The molecule has 0 unspecified atom stereocenters. The van der Waals surface area contributed by atoms with E-state index in [2.05, 4.69) is 67.7 Å². The van der Waals surface area contributed by atoms with Crippen molar-refractivity contribution in [3.63, 3.8) is 0 Å². The summed E-state index contributed by atoms with van der Waals surface area (Å²) in [4.78, 5) is 24.5. The van der Waals surface area contributed by atoms with Gasteiger partial charge in [-0.15, -0.1) is 0 Å². The van der Waals surface area contributed by atoms with Crippen molar-refractivity contribution in [2.75, 3.05) is 5.32 Å². The van der Waals surface area contributed by atoms with E-state index in [0.29, 0.717) is 18.0 Å². The normalized spacial score (nSPS) is 15.2. The average Bonchev–Trinajstić information content (AvgIpc) is 2.89. The van der Waals surface area contributed by atoms with E-state index in [1.54, 1.807) is 0 Å². The molecule has 0 spiro atoms. The summed E-state index contributed by atoms with van der Waals surface area (Å²) < 4.78 is 0. The number of anilines is 1. The van der Waals surface area contributed by atoms with Crippen molar-refractivity contribution in [1.82, 2.24) is 0 Å². The molecule has 2 N–H and O–H groups in total. The molecule has 0 aromatic heterocycles. The van der Waals surface area contributed by atoms with Crippen molar-refractivity contribution < 1.29 is 14.7 Å². The van der Waals surface area contributed by atoms with E-state index in [0.717, 1.165) is 43.7 Å². The van der Waals surface area contributed by atoms with Crippen molar-refractivity contribution in [3.05, 3.63) is 95.6 Å². The summed E-state index contributed by atoms with van der Waals surface area (Å²) >= 11 is 0. The largest absolute Gasteiger partial charge is 0.478 e. The number of hydrogen-bond acceptors (Lipinski definition) is 2. The van der Waals surface area contributed by atoms with Gasteiger partial charge in [0.1, 0.15) is 0 Å². The van der Waals surface area contributed by atoms with Crippen LogP contribution in [0.15, 0.2) is 78.9 Å². The first kappa shape index (κ1) is 25.4. The van der Waals surface area contributed by atoms with Crippen LogP contribution in [0.2, 0.25) is 0 Å². The van der Waals surface area contributed by atoms with Gasteiger partial charge in [-0.2, -0.15) is 0 Å². The lowest BCUT2D eigenvalue weighted by atomic mass is 9.69. The van der Waals surface area contributed by atoms with Gasteiger partial charge in [0.05, 0.1) is 5.41 Å². The fraction of sp³-hybridized carbons (Fsp3) is 0.312. The van der Waals surface area contributed by atoms with Crippen molar-refractivity contribution in [2.45, 2.75) is 58.3 Å². The molecule has 1 aliphatic carbocycles. The van der Waals surface area contributed by atoms with Crippen LogP contribution in [0.3, 0.4) is 0 Å². The highest BCUT2D eigenvalue weighted by Gasteiger charge is 2.39. The minimum absolute atomic E-state index is 0.0512. The molecule has 0 atom stereocenters. The van der Waals surface area contributed by atoms with E-state index in [-0.39, 0.29) is 5.91 Å². The molecule has 0 bridgehead atoms. The first-order chi connectivity index (χ1) is 17.3. The molecule has 4 heteroatoms. The van der Waals surface area contributed by atoms with Gasteiger partial charge in [-0.05, 0) is 71.2 Å². The maximum absolute atomic E-state index is 13.6. The maximum Gasteiger partial charge on any atom is 0.328 e. The molecule has 1 amide bonds. The molecule has 3 aromatic rings. The van der Waals surface area contributed by atoms with E-state index in [1.807, 2.05) is 24.3 Å². The van der Waals surface area contributed by atoms with Crippen molar-refractivity contribution >= 4 is 23.6 Å². The van der Waals surface area contributed by atoms with E-state index in [4.69, 9.17) is 5.11 Å². The fourth-order valence-corrected chi connectivity index (χ4v) is 5.15. The number of carbonyl (C=O) groups excluding carboxylic acids is 1. The highest BCUT2D eigenvalue weighted by Crippen LogP contribution is 2.41. The Morgan fingerprint density at radius 1 is 0.917 bits per heavy atom. The molecule has 186 valence electrons. The second-order valence-electron chi connectivity index (χ2n) is 10.2. The summed E-state index contributed by atoms with van der Waals surface area (Å²) in [7, 11) is 0. The molecule has 3 aromatic carbocycles. The Bertz CT molecular complexity index is 1230. The average molecular weight is 482 g/mol. The van der Waals surface area contributed by atoms with Gasteiger partial charge in [0.25, 0.3) is 0 Å². The van der Waals surface area contributed by atoms with Gasteiger partial charge >= 0.3 is 5.97 Å². The number of carbonyl (C=O) groups is 2. The summed E-state index contributed by atoms with van der Waals surface area (Å²) in [6.45, 7) is 4.42. The van der Waals surface area contributed by atoms with Crippen LogP contribution in [0.4, 0.5) is 5.69 Å². The topological polar surface area (TPSA) is 66.4 Å². The zero-order valence-corrected chi connectivity index (χ0v) is 21.2. The van der Waals surface area contributed by atoms with Gasteiger partial charge in [-0.25, -0.2) is 4.79 Å². The Kier molecular flexibility index (Phi) is 8.04. The molecule has 1 saturated carbocycles. The SMILES string of the molecule is CC(C)c1cccc(-c2ccc(CC3(C(=O)Nc4cccc(/C=C/C(=O)O)c4)CCCCC3)cc2)c1. The second kappa shape index (κ2) is 11.4. The predicted octanol–water partition coefficient (Wildman–Crippen LogP) is 7.71. The highest BCUT2D eigenvalue weighted by atomic mass is 16.4. The Morgan fingerprint density at radius 2 is 1.64 bits per heavy atom. The Balaban J connectivity index is 1.52. The van der Waals surface area contributed by atoms with Crippen LogP contribution in [0.25, 0.3) is 17.2 Å². The molecule has 0 heterocycles. The third-order valence-corrected chi connectivity index (χ3v) is 7.24. The van der Waals surface area contributed by atoms with Crippen LogP contribution < -0.4 is 5.32 Å². The third-order valence-electron chi connectivity index (χ3n) is 7.24. The van der Waals surface area contributed by atoms with Gasteiger partial charge in [0.15, 0.2) is 0 Å². The van der Waals surface area contributed by atoms with Gasteiger partial charge < -0.3 is 10.4 Å². The number of nitrogens with one attached hydrogen (secondary N) is 1. The Labute approximate surface area is 214 Å². The first-order valence-electron chi connectivity index (χ1n) is 12.9. The summed E-state index contributed by atoms with van der Waals surface area (Å²) in [5, 5.41) is 12.0.